The van der Waals surface area contributed by atoms with Crippen LogP contribution in [-0.4, -0.2) is 5.97 Å². The molecule has 0 N–H and O–H groups in total. The molecule has 0 saturated heterocycles. The number of allylic oxidation sites excluding steroid dienone is 2. The van der Waals surface area contributed by atoms with Crippen LogP contribution in [-0.2, 0) is 6.42 Å². The van der Waals surface area contributed by atoms with Crippen molar-refractivity contribution in [1.82, 2.24) is 0 Å². The molecule has 0 bridgehead atoms. The Morgan fingerprint density at radius 1 is 0.848 bits per heavy atom. The van der Waals surface area contributed by atoms with Gasteiger partial charge in [0.25, 0.3) is 0 Å². The number of aryl methyl sites for hydroxylation is 1. The minimum Gasteiger partial charge on any atom is -0.423 e. The van der Waals surface area contributed by atoms with Crippen molar-refractivity contribution in [2.24, 2.45) is 5.92 Å². The molecule has 1 aliphatic rings. The van der Waals surface area contributed by atoms with Crippen molar-refractivity contribution < 1.29 is 9.53 Å². The van der Waals surface area contributed by atoms with Gasteiger partial charge in [0.2, 0.25) is 0 Å². The van der Waals surface area contributed by atoms with Gasteiger partial charge in [-0.2, -0.15) is 0 Å². The number of esters is 1. The van der Waals surface area contributed by atoms with Crippen LogP contribution in [0.3, 0.4) is 0 Å². The van der Waals surface area contributed by atoms with Gasteiger partial charge in [-0.15, -0.1) is 0 Å². The summed E-state index contributed by atoms with van der Waals surface area (Å²) in [4.78, 5) is 12.6. The van der Waals surface area contributed by atoms with Gasteiger partial charge < -0.3 is 4.74 Å². The highest BCUT2D eigenvalue weighted by molar-refractivity contribution is 5.91. The van der Waals surface area contributed by atoms with E-state index in [1.807, 2.05) is 24.3 Å². The lowest BCUT2D eigenvalue weighted by molar-refractivity contribution is 0.0734. The largest absolute Gasteiger partial charge is 0.423 e. The Balaban J connectivity index is 1.46. The fourth-order valence-corrected chi connectivity index (χ4v) is 4.74. The first-order valence-corrected chi connectivity index (χ1v) is 13.3. The Morgan fingerprint density at radius 2 is 1.55 bits per heavy atom. The number of hydrogen-bond donors (Lipinski definition) is 0. The van der Waals surface area contributed by atoms with Crippen LogP contribution < -0.4 is 4.74 Å². The smallest absolute Gasteiger partial charge is 0.343 e. The van der Waals surface area contributed by atoms with E-state index in [2.05, 4.69) is 44.2 Å². The van der Waals surface area contributed by atoms with Gasteiger partial charge in [0.15, 0.2) is 0 Å². The van der Waals surface area contributed by atoms with Crippen molar-refractivity contribution in [3.63, 3.8) is 0 Å². The molecular formula is C31H42O2. The van der Waals surface area contributed by atoms with Crippen molar-refractivity contribution in [1.29, 1.82) is 0 Å². The van der Waals surface area contributed by atoms with Crippen LogP contribution >= 0.6 is 0 Å². The van der Waals surface area contributed by atoms with Crippen molar-refractivity contribution >= 4 is 11.5 Å². The van der Waals surface area contributed by atoms with E-state index in [-0.39, 0.29) is 5.97 Å². The molecule has 2 aromatic rings. The molecule has 0 heterocycles. The Labute approximate surface area is 201 Å². The lowest BCUT2D eigenvalue weighted by Crippen LogP contribution is -2.09. The third-order valence-corrected chi connectivity index (χ3v) is 6.93. The minimum atomic E-state index is -0.291. The Bertz CT molecular complexity index is 861. The Hall–Kier alpha value is -2.35. The van der Waals surface area contributed by atoms with Crippen LogP contribution in [0.1, 0.15) is 112 Å². The highest BCUT2D eigenvalue weighted by atomic mass is 16.5. The molecule has 33 heavy (non-hydrogen) atoms. The SMILES string of the molecule is CCCCCCCC1CC=C(c2ccc(C(=O)Oc3ccc(CCCCC)cc3)cc2)CC1. The molecule has 0 fully saturated rings. The van der Waals surface area contributed by atoms with Crippen molar-refractivity contribution in [3.05, 3.63) is 71.3 Å². The normalized spacial score (nSPS) is 15.8. The molecule has 0 aliphatic heterocycles. The van der Waals surface area contributed by atoms with E-state index in [1.54, 1.807) is 0 Å². The van der Waals surface area contributed by atoms with Gasteiger partial charge in [-0.1, -0.05) is 95.6 Å². The lowest BCUT2D eigenvalue weighted by atomic mass is 9.83. The second-order valence-corrected chi connectivity index (χ2v) is 9.64. The molecule has 2 heteroatoms. The highest BCUT2D eigenvalue weighted by Gasteiger charge is 2.16. The lowest BCUT2D eigenvalue weighted by Gasteiger charge is -2.22. The van der Waals surface area contributed by atoms with Crippen LogP contribution in [0, 0.1) is 5.92 Å². The number of carbonyl (C=O) groups is 1. The van der Waals surface area contributed by atoms with Crippen molar-refractivity contribution in [2.75, 3.05) is 0 Å². The maximum atomic E-state index is 12.6. The maximum Gasteiger partial charge on any atom is 0.343 e. The summed E-state index contributed by atoms with van der Waals surface area (Å²) >= 11 is 0. The standard InChI is InChI=1S/C31H42O2/c1-3-5-7-8-10-12-25-13-17-27(18-14-25)28-19-21-29(22-20-28)31(32)33-30-23-15-26(16-24-30)11-9-6-4-2/h15-17,19-25H,3-14,18H2,1-2H3. The van der Waals surface area contributed by atoms with Crippen molar-refractivity contribution in [2.45, 2.75) is 97.3 Å². The van der Waals surface area contributed by atoms with E-state index in [0.29, 0.717) is 11.3 Å². The van der Waals surface area contributed by atoms with Gasteiger partial charge in [0.05, 0.1) is 5.56 Å². The zero-order valence-corrected chi connectivity index (χ0v) is 20.8. The van der Waals surface area contributed by atoms with Gasteiger partial charge >= 0.3 is 5.97 Å². The average molecular weight is 447 g/mol. The van der Waals surface area contributed by atoms with Gasteiger partial charge in [-0.25, -0.2) is 4.79 Å². The number of rotatable bonds is 13. The molecule has 0 saturated carbocycles. The molecule has 2 aromatic carbocycles. The van der Waals surface area contributed by atoms with E-state index in [4.69, 9.17) is 4.74 Å². The molecule has 0 spiro atoms. The summed E-state index contributed by atoms with van der Waals surface area (Å²) in [5, 5.41) is 0. The summed E-state index contributed by atoms with van der Waals surface area (Å²) in [7, 11) is 0. The molecule has 178 valence electrons. The fraction of sp³-hybridized carbons (Fsp3) is 0.516. The zero-order chi connectivity index (χ0) is 23.3. The minimum absolute atomic E-state index is 0.291. The molecule has 1 atom stereocenters. The molecule has 1 unspecified atom stereocenters. The number of carbonyl (C=O) groups excluding carboxylic acids is 1. The van der Waals surface area contributed by atoms with E-state index in [0.717, 1.165) is 18.8 Å². The van der Waals surface area contributed by atoms with E-state index < -0.39 is 0 Å². The first kappa shape index (κ1) is 25.3. The first-order chi connectivity index (χ1) is 16.2. The van der Waals surface area contributed by atoms with Crippen LogP contribution in [0.4, 0.5) is 0 Å². The van der Waals surface area contributed by atoms with Crippen LogP contribution in [0.25, 0.3) is 5.57 Å². The summed E-state index contributed by atoms with van der Waals surface area (Å²) < 4.78 is 5.59. The Morgan fingerprint density at radius 3 is 2.21 bits per heavy atom. The third-order valence-electron chi connectivity index (χ3n) is 6.93. The molecule has 0 radical (unpaired) electrons. The van der Waals surface area contributed by atoms with Crippen LogP contribution in [0.15, 0.2) is 54.6 Å². The van der Waals surface area contributed by atoms with Crippen molar-refractivity contribution in [3.8, 4) is 5.75 Å². The third kappa shape index (κ3) is 8.50. The summed E-state index contributed by atoms with van der Waals surface area (Å²) in [6.45, 7) is 4.49. The predicted molar refractivity (Wildman–Crippen MR) is 140 cm³/mol. The molecule has 2 nitrogen and oxygen atoms in total. The predicted octanol–water partition coefficient (Wildman–Crippen LogP) is 9.18. The van der Waals surface area contributed by atoms with E-state index >= 15 is 0 Å². The molecule has 3 rings (SSSR count). The summed E-state index contributed by atoms with van der Waals surface area (Å²) in [5.74, 6) is 1.17. The van der Waals surface area contributed by atoms with Gasteiger partial charge in [-0.3, -0.25) is 0 Å². The number of hydrogen-bond acceptors (Lipinski definition) is 2. The summed E-state index contributed by atoms with van der Waals surface area (Å²) in [6, 6.07) is 15.9. The molecule has 0 amide bonds. The van der Waals surface area contributed by atoms with Gasteiger partial charge in [0.1, 0.15) is 5.75 Å². The number of unbranched alkanes of at least 4 members (excludes halogenated alkanes) is 6. The first-order valence-electron chi connectivity index (χ1n) is 13.3. The number of ether oxygens (including phenoxy) is 1. The summed E-state index contributed by atoms with van der Waals surface area (Å²) in [6.07, 6.45) is 19.1. The van der Waals surface area contributed by atoms with Gasteiger partial charge in [-0.05, 0) is 79.0 Å². The van der Waals surface area contributed by atoms with Gasteiger partial charge in [0, 0.05) is 0 Å². The highest BCUT2D eigenvalue weighted by Crippen LogP contribution is 2.33. The fourth-order valence-electron chi connectivity index (χ4n) is 4.74. The quantitative estimate of drug-likeness (QED) is 0.174. The number of benzene rings is 2. The topological polar surface area (TPSA) is 26.3 Å². The summed E-state index contributed by atoms with van der Waals surface area (Å²) in [5.41, 5.74) is 4.57. The zero-order valence-electron chi connectivity index (χ0n) is 20.8. The maximum absolute atomic E-state index is 12.6. The second kappa shape index (κ2) is 14.0. The molecular weight excluding hydrogens is 404 g/mol. The average Bonchev–Trinajstić information content (AvgIpc) is 2.86. The van der Waals surface area contributed by atoms with E-state index in [9.17, 15) is 4.79 Å². The molecule has 0 aromatic heterocycles. The van der Waals surface area contributed by atoms with E-state index in [1.165, 1.54) is 87.3 Å². The molecule has 1 aliphatic carbocycles. The Kier molecular flexibility index (Phi) is 10.7. The van der Waals surface area contributed by atoms with Crippen LogP contribution in [0.5, 0.6) is 5.75 Å². The second-order valence-electron chi connectivity index (χ2n) is 9.64. The monoisotopic (exact) mass is 446 g/mol. The van der Waals surface area contributed by atoms with Crippen LogP contribution in [0.2, 0.25) is 0 Å².